The first kappa shape index (κ1) is 23.5. The molecular formula is C24H16F2N2O4S2. The van der Waals surface area contributed by atoms with Gasteiger partial charge in [-0.15, -0.1) is 0 Å². The van der Waals surface area contributed by atoms with Gasteiger partial charge in [0.05, 0.1) is 16.3 Å². The molecule has 1 aliphatic heterocycles. The molecule has 172 valence electrons. The van der Waals surface area contributed by atoms with E-state index in [2.05, 4.69) is 4.98 Å². The summed E-state index contributed by atoms with van der Waals surface area (Å²) in [6.45, 7) is 0.246. The van der Waals surface area contributed by atoms with E-state index in [1.165, 1.54) is 23.1 Å². The molecule has 0 radical (unpaired) electrons. The van der Waals surface area contributed by atoms with Gasteiger partial charge in [-0.2, -0.15) is 0 Å². The molecule has 6 nitrogen and oxygen atoms in total. The van der Waals surface area contributed by atoms with Gasteiger partial charge in [0.25, 0.3) is 5.91 Å². The van der Waals surface area contributed by atoms with Crippen LogP contribution in [0.25, 0.3) is 17.3 Å². The number of phenols is 1. The summed E-state index contributed by atoms with van der Waals surface area (Å²) in [4.78, 5) is 30.1. The minimum Gasteiger partial charge on any atom is -0.507 e. The number of nitrogens with zero attached hydrogens (tertiary/aromatic N) is 2. The number of aromatic hydroxyl groups is 1. The van der Waals surface area contributed by atoms with E-state index in [9.17, 15) is 23.5 Å². The van der Waals surface area contributed by atoms with E-state index < -0.39 is 17.6 Å². The van der Waals surface area contributed by atoms with Gasteiger partial charge in [0.1, 0.15) is 15.6 Å². The number of carboxylic acid groups (broad SMARTS) is 1. The predicted octanol–water partition coefficient (Wildman–Crippen LogP) is 4.87. The highest BCUT2D eigenvalue weighted by Gasteiger charge is 2.31. The molecule has 0 atom stereocenters. The van der Waals surface area contributed by atoms with Gasteiger partial charge in [-0.1, -0.05) is 36.1 Å². The minimum absolute atomic E-state index is 0.199. The summed E-state index contributed by atoms with van der Waals surface area (Å²) in [6, 6.07) is 12.8. The van der Waals surface area contributed by atoms with Crippen LogP contribution in [0.4, 0.5) is 8.78 Å². The number of benzene rings is 2. The van der Waals surface area contributed by atoms with Crippen LogP contribution in [0, 0.1) is 11.6 Å². The molecule has 0 unspecified atom stereocenters. The molecule has 1 aromatic heterocycles. The zero-order chi connectivity index (χ0) is 24.4. The first-order chi connectivity index (χ1) is 16.2. The van der Waals surface area contributed by atoms with Gasteiger partial charge in [-0.3, -0.25) is 9.69 Å². The Morgan fingerprint density at radius 3 is 2.62 bits per heavy atom. The Morgan fingerprint density at radius 2 is 1.91 bits per heavy atom. The highest BCUT2D eigenvalue weighted by Crippen LogP contribution is 2.33. The number of carboxylic acids is 1. The third-order valence-corrected chi connectivity index (χ3v) is 6.43. The summed E-state index contributed by atoms with van der Waals surface area (Å²) in [5, 5.41) is 18.9. The maximum Gasteiger partial charge on any atom is 0.339 e. The van der Waals surface area contributed by atoms with Crippen LogP contribution >= 0.6 is 24.0 Å². The maximum absolute atomic E-state index is 13.6. The average molecular weight is 499 g/mol. The van der Waals surface area contributed by atoms with Crippen molar-refractivity contribution >= 4 is 46.3 Å². The molecule has 2 heterocycles. The molecule has 3 aromatic rings. The molecule has 2 aromatic carbocycles. The fraction of sp³-hybridized carbons (Fsp3) is 0.0833. The first-order valence-electron chi connectivity index (χ1n) is 9.96. The van der Waals surface area contributed by atoms with Crippen LogP contribution in [-0.2, 0) is 11.2 Å². The molecule has 0 spiro atoms. The molecule has 1 amide bonds. The zero-order valence-electron chi connectivity index (χ0n) is 17.4. The summed E-state index contributed by atoms with van der Waals surface area (Å²) >= 11 is 6.46. The number of aromatic nitrogens is 1. The summed E-state index contributed by atoms with van der Waals surface area (Å²) in [5.41, 5.74) is 1.74. The monoisotopic (exact) mass is 498 g/mol. The Hall–Kier alpha value is -3.63. The summed E-state index contributed by atoms with van der Waals surface area (Å²) < 4.78 is 27.2. The Balaban J connectivity index is 1.49. The Kier molecular flexibility index (Phi) is 6.71. The van der Waals surface area contributed by atoms with Gasteiger partial charge in [-0.25, -0.2) is 18.6 Å². The topological polar surface area (TPSA) is 90.7 Å². The smallest absolute Gasteiger partial charge is 0.339 e. The molecule has 4 rings (SSSR count). The van der Waals surface area contributed by atoms with Crippen LogP contribution in [0.2, 0.25) is 0 Å². The second kappa shape index (κ2) is 9.70. The molecule has 0 bridgehead atoms. The number of rotatable bonds is 6. The van der Waals surface area contributed by atoms with Crippen molar-refractivity contribution in [2.24, 2.45) is 0 Å². The Morgan fingerprint density at radius 1 is 1.12 bits per heavy atom. The van der Waals surface area contributed by atoms with Gasteiger partial charge >= 0.3 is 5.97 Å². The van der Waals surface area contributed by atoms with Crippen molar-refractivity contribution in [2.45, 2.75) is 6.42 Å². The molecule has 0 aliphatic carbocycles. The van der Waals surface area contributed by atoms with Crippen molar-refractivity contribution in [2.75, 3.05) is 6.54 Å². The number of aromatic carboxylic acids is 1. The quantitative estimate of drug-likeness (QED) is 0.370. The summed E-state index contributed by atoms with van der Waals surface area (Å²) in [7, 11) is 0. The summed E-state index contributed by atoms with van der Waals surface area (Å²) in [5.74, 6) is -3.80. The van der Waals surface area contributed by atoms with E-state index in [-0.39, 0.29) is 23.8 Å². The van der Waals surface area contributed by atoms with Crippen molar-refractivity contribution < 1.29 is 28.6 Å². The van der Waals surface area contributed by atoms with Crippen LogP contribution in [0.3, 0.4) is 0 Å². The van der Waals surface area contributed by atoms with Crippen LogP contribution in [-0.4, -0.2) is 42.8 Å². The third kappa shape index (κ3) is 4.97. The van der Waals surface area contributed by atoms with Crippen molar-refractivity contribution in [3.63, 3.8) is 0 Å². The van der Waals surface area contributed by atoms with Gasteiger partial charge in [-0.05, 0) is 60.5 Å². The van der Waals surface area contributed by atoms with Crippen LogP contribution < -0.4 is 0 Å². The molecule has 1 saturated heterocycles. The lowest BCUT2D eigenvalue weighted by Crippen LogP contribution is -2.30. The van der Waals surface area contributed by atoms with Crippen molar-refractivity contribution in [3.05, 3.63) is 88.0 Å². The van der Waals surface area contributed by atoms with Crippen molar-refractivity contribution in [3.8, 4) is 17.0 Å². The Labute approximate surface area is 202 Å². The largest absolute Gasteiger partial charge is 0.507 e. The van der Waals surface area contributed by atoms with E-state index in [0.29, 0.717) is 38.2 Å². The zero-order valence-corrected chi connectivity index (χ0v) is 19.0. The van der Waals surface area contributed by atoms with Crippen LogP contribution in [0.1, 0.15) is 21.6 Å². The molecular weight excluding hydrogens is 482 g/mol. The number of hydrogen-bond acceptors (Lipinski definition) is 6. The predicted molar refractivity (Wildman–Crippen MR) is 128 cm³/mol. The van der Waals surface area contributed by atoms with E-state index in [4.69, 9.17) is 17.3 Å². The highest BCUT2D eigenvalue weighted by molar-refractivity contribution is 8.26. The number of hydrogen-bond donors (Lipinski definition) is 2. The number of amides is 1. The number of pyridine rings is 1. The number of carbonyl (C=O) groups excluding carboxylic acids is 1. The summed E-state index contributed by atoms with van der Waals surface area (Å²) in [6.07, 6.45) is 1.94. The fourth-order valence-corrected chi connectivity index (χ4v) is 4.62. The van der Waals surface area contributed by atoms with Gasteiger partial charge in [0.2, 0.25) is 0 Å². The highest BCUT2D eigenvalue weighted by atomic mass is 32.2. The van der Waals surface area contributed by atoms with E-state index in [0.717, 1.165) is 23.9 Å². The van der Waals surface area contributed by atoms with Crippen molar-refractivity contribution in [1.29, 1.82) is 0 Å². The molecule has 2 N–H and O–H groups in total. The van der Waals surface area contributed by atoms with Crippen molar-refractivity contribution in [1.82, 2.24) is 9.88 Å². The van der Waals surface area contributed by atoms with E-state index >= 15 is 0 Å². The molecule has 0 saturated carbocycles. The van der Waals surface area contributed by atoms with Crippen LogP contribution in [0.5, 0.6) is 5.75 Å². The molecule has 34 heavy (non-hydrogen) atoms. The van der Waals surface area contributed by atoms with E-state index in [1.807, 2.05) is 0 Å². The molecule has 10 heteroatoms. The number of thiocarbonyl (C=S) groups is 1. The van der Waals surface area contributed by atoms with Gasteiger partial charge < -0.3 is 10.2 Å². The van der Waals surface area contributed by atoms with E-state index in [1.54, 1.807) is 30.3 Å². The molecule has 1 aliphatic rings. The van der Waals surface area contributed by atoms with Gasteiger partial charge in [0, 0.05) is 12.1 Å². The number of carbonyl (C=O) groups is 2. The number of thioether (sulfide) groups is 1. The van der Waals surface area contributed by atoms with Crippen LogP contribution in [0.15, 0.2) is 59.5 Å². The lowest BCUT2D eigenvalue weighted by Gasteiger charge is -2.14. The fourth-order valence-electron chi connectivity index (χ4n) is 3.33. The normalized spacial score (nSPS) is 14.8. The standard InChI is InChI=1S/C24H16F2N2O4S2/c25-17-7-5-14(11-18(17)26)19-3-1-2-15(27-19)12-21-22(30)28(24(33)34-21)9-8-13-4-6-16(23(31)32)20(29)10-13/h1-7,10-12,29H,8-9H2,(H,31,32)/b21-12-. The average Bonchev–Trinajstić information content (AvgIpc) is 3.06. The third-order valence-electron chi connectivity index (χ3n) is 5.06. The maximum atomic E-state index is 13.6. The number of halogens is 2. The second-order valence-corrected chi connectivity index (χ2v) is 8.99. The first-order valence-corrected chi connectivity index (χ1v) is 11.2. The SMILES string of the molecule is O=C(O)c1ccc(CCN2C(=O)/C(=C/c3cccc(-c4ccc(F)c(F)c4)n3)SC2=S)cc1O. The Bertz CT molecular complexity index is 1360. The van der Waals surface area contributed by atoms with Gasteiger partial charge in [0.15, 0.2) is 11.6 Å². The minimum atomic E-state index is -1.23. The lowest BCUT2D eigenvalue weighted by molar-refractivity contribution is -0.122. The molecule has 1 fully saturated rings. The lowest BCUT2D eigenvalue weighted by atomic mass is 10.1. The second-order valence-electron chi connectivity index (χ2n) is 7.32.